The molecule has 1 atom stereocenters. The summed E-state index contributed by atoms with van der Waals surface area (Å²) < 4.78 is 27.7. The molecule has 2 rings (SSSR count). The third kappa shape index (κ3) is 3.05. The monoisotopic (exact) mass is 359 g/mol. The zero-order chi connectivity index (χ0) is 13.1. The molecule has 0 saturated heterocycles. The van der Waals surface area contributed by atoms with E-state index < -0.39 is 11.6 Å². The van der Waals surface area contributed by atoms with Crippen molar-refractivity contribution < 1.29 is 8.78 Å². The van der Waals surface area contributed by atoms with E-state index in [1.165, 1.54) is 6.07 Å². The Balaban J connectivity index is 2.18. The fourth-order valence-corrected chi connectivity index (χ4v) is 2.13. The van der Waals surface area contributed by atoms with Crippen molar-refractivity contribution in [3.05, 3.63) is 68.8 Å². The van der Waals surface area contributed by atoms with Crippen LogP contribution in [0, 0.1) is 15.2 Å². The minimum absolute atomic E-state index is 0.282. The van der Waals surface area contributed by atoms with Crippen LogP contribution in [0.2, 0.25) is 0 Å². The minimum atomic E-state index is -0.831. The molecule has 0 aliphatic carbocycles. The van der Waals surface area contributed by atoms with E-state index in [4.69, 9.17) is 5.73 Å². The SMILES string of the molecule is NC(Cc1cccc(F)c1F)c1ccc(I)cc1. The molecule has 0 aliphatic rings. The van der Waals surface area contributed by atoms with Gasteiger partial charge in [-0.2, -0.15) is 0 Å². The van der Waals surface area contributed by atoms with Gasteiger partial charge in [0.15, 0.2) is 11.6 Å². The highest BCUT2D eigenvalue weighted by atomic mass is 127. The van der Waals surface area contributed by atoms with Crippen LogP contribution < -0.4 is 5.73 Å². The second-order valence-electron chi connectivity index (χ2n) is 4.08. The lowest BCUT2D eigenvalue weighted by Crippen LogP contribution is -2.14. The van der Waals surface area contributed by atoms with Gasteiger partial charge >= 0.3 is 0 Å². The van der Waals surface area contributed by atoms with Gasteiger partial charge in [0, 0.05) is 9.61 Å². The van der Waals surface area contributed by atoms with E-state index in [-0.39, 0.29) is 12.5 Å². The van der Waals surface area contributed by atoms with Crippen molar-refractivity contribution in [2.24, 2.45) is 5.73 Å². The minimum Gasteiger partial charge on any atom is -0.324 e. The average Bonchev–Trinajstić information content (AvgIpc) is 2.36. The normalized spacial score (nSPS) is 12.4. The summed E-state index contributed by atoms with van der Waals surface area (Å²) in [6.07, 6.45) is 0.282. The van der Waals surface area contributed by atoms with Gasteiger partial charge in [-0.15, -0.1) is 0 Å². The molecule has 1 nitrogen and oxygen atoms in total. The van der Waals surface area contributed by atoms with Gasteiger partial charge < -0.3 is 5.73 Å². The van der Waals surface area contributed by atoms with Gasteiger partial charge in [-0.25, -0.2) is 8.78 Å². The van der Waals surface area contributed by atoms with Gasteiger partial charge in [-0.05, 0) is 58.3 Å². The van der Waals surface area contributed by atoms with Gasteiger partial charge in [0.25, 0.3) is 0 Å². The van der Waals surface area contributed by atoms with Crippen molar-refractivity contribution in [2.75, 3.05) is 0 Å². The molecule has 4 heteroatoms. The third-order valence-corrected chi connectivity index (χ3v) is 3.49. The standard InChI is InChI=1S/C14H12F2IN/c15-12-3-1-2-10(14(12)16)8-13(18)9-4-6-11(17)7-5-9/h1-7,13H,8,18H2. The Labute approximate surface area is 118 Å². The summed E-state index contributed by atoms with van der Waals surface area (Å²) in [7, 11) is 0. The lowest BCUT2D eigenvalue weighted by molar-refractivity contribution is 0.494. The number of hydrogen-bond acceptors (Lipinski definition) is 1. The van der Waals surface area contributed by atoms with E-state index in [9.17, 15) is 8.78 Å². The number of benzene rings is 2. The molecule has 0 aromatic heterocycles. The second kappa shape index (κ2) is 5.75. The van der Waals surface area contributed by atoms with Crippen LogP contribution in [-0.2, 0) is 6.42 Å². The fourth-order valence-electron chi connectivity index (χ4n) is 1.77. The van der Waals surface area contributed by atoms with E-state index in [1.54, 1.807) is 6.07 Å². The van der Waals surface area contributed by atoms with Gasteiger partial charge in [-0.3, -0.25) is 0 Å². The molecule has 2 aromatic rings. The van der Waals surface area contributed by atoms with Crippen molar-refractivity contribution in [1.29, 1.82) is 0 Å². The summed E-state index contributed by atoms with van der Waals surface area (Å²) in [6.45, 7) is 0. The van der Waals surface area contributed by atoms with Crippen LogP contribution in [0.4, 0.5) is 8.78 Å². The maximum absolute atomic E-state index is 13.5. The number of rotatable bonds is 3. The molecule has 0 aliphatic heterocycles. The van der Waals surface area contributed by atoms with Crippen LogP contribution in [0.25, 0.3) is 0 Å². The number of nitrogens with two attached hydrogens (primary N) is 1. The van der Waals surface area contributed by atoms with Crippen molar-refractivity contribution >= 4 is 22.6 Å². The largest absolute Gasteiger partial charge is 0.324 e. The highest BCUT2D eigenvalue weighted by Crippen LogP contribution is 2.20. The van der Waals surface area contributed by atoms with Gasteiger partial charge in [0.05, 0.1) is 0 Å². The Bertz CT molecular complexity index is 540. The molecule has 2 N–H and O–H groups in total. The van der Waals surface area contributed by atoms with E-state index in [0.29, 0.717) is 5.56 Å². The molecule has 0 fully saturated rings. The van der Waals surface area contributed by atoms with Gasteiger partial charge in [0.1, 0.15) is 0 Å². The van der Waals surface area contributed by atoms with Crippen molar-refractivity contribution in [1.82, 2.24) is 0 Å². The van der Waals surface area contributed by atoms with Crippen LogP contribution in [0.5, 0.6) is 0 Å². The fraction of sp³-hybridized carbons (Fsp3) is 0.143. The predicted molar refractivity (Wildman–Crippen MR) is 76.1 cm³/mol. The Morgan fingerprint density at radius 2 is 1.72 bits per heavy atom. The molecule has 0 heterocycles. The molecule has 1 unspecified atom stereocenters. The van der Waals surface area contributed by atoms with E-state index >= 15 is 0 Å². The van der Waals surface area contributed by atoms with Crippen LogP contribution in [0.3, 0.4) is 0 Å². The number of halogens is 3. The van der Waals surface area contributed by atoms with Crippen LogP contribution in [0.15, 0.2) is 42.5 Å². The van der Waals surface area contributed by atoms with Crippen molar-refractivity contribution in [3.63, 3.8) is 0 Å². The van der Waals surface area contributed by atoms with Crippen molar-refractivity contribution in [3.8, 4) is 0 Å². The molecule has 94 valence electrons. The lowest BCUT2D eigenvalue weighted by atomic mass is 9.99. The Morgan fingerprint density at radius 3 is 2.39 bits per heavy atom. The summed E-state index contributed by atoms with van der Waals surface area (Å²) in [5.74, 6) is -1.64. The molecule has 0 bridgehead atoms. The highest BCUT2D eigenvalue weighted by molar-refractivity contribution is 14.1. The summed E-state index contributed by atoms with van der Waals surface area (Å²) >= 11 is 2.20. The zero-order valence-corrected chi connectivity index (χ0v) is 11.7. The first-order valence-corrected chi connectivity index (χ1v) is 6.59. The average molecular weight is 359 g/mol. The van der Waals surface area contributed by atoms with Crippen molar-refractivity contribution in [2.45, 2.75) is 12.5 Å². The second-order valence-corrected chi connectivity index (χ2v) is 5.32. The molecule has 0 amide bonds. The highest BCUT2D eigenvalue weighted by Gasteiger charge is 2.12. The molecule has 0 spiro atoms. The molecule has 0 saturated carbocycles. The molecule has 18 heavy (non-hydrogen) atoms. The number of hydrogen-bond donors (Lipinski definition) is 1. The van der Waals surface area contributed by atoms with Crippen LogP contribution >= 0.6 is 22.6 Å². The first-order valence-electron chi connectivity index (χ1n) is 5.52. The summed E-state index contributed by atoms with van der Waals surface area (Å²) in [5, 5.41) is 0. The summed E-state index contributed by atoms with van der Waals surface area (Å²) in [6, 6.07) is 11.5. The first-order chi connectivity index (χ1) is 8.58. The van der Waals surface area contributed by atoms with E-state index in [0.717, 1.165) is 15.2 Å². The first kappa shape index (κ1) is 13.4. The molecular formula is C14H12F2IN. The quantitative estimate of drug-likeness (QED) is 0.829. The Morgan fingerprint density at radius 1 is 1.06 bits per heavy atom. The van der Waals surface area contributed by atoms with Crippen LogP contribution in [-0.4, -0.2) is 0 Å². The summed E-state index contributed by atoms with van der Waals surface area (Å²) in [5.41, 5.74) is 7.23. The van der Waals surface area contributed by atoms with Gasteiger partial charge in [0.2, 0.25) is 0 Å². The molecular weight excluding hydrogens is 347 g/mol. The molecule has 2 aromatic carbocycles. The maximum Gasteiger partial charge on any atom is 0.162 e. The molecule has 0 radical (unpaired) electrons. The van der Waals surface area contributed by atoms with E-state index in [2.05, 4.69) is 22.6 Å². The van der Waals surface area contributed by atoms with Gasteiger partial charge in [-0.1, -0.05) is 24.3 Å². The topological polar surface area (TPSA) is 26.0 Å². The lowest BCUT2D eigenvalue weighted by Gasteiger charge is -2.13. The predicted octanol–water partition coefficient (Wildman–Crippen LogP) is 3.81. The zero-order valence-electron chi connectivity index (χ0n) is 9.54. The van der Waals surface area contributed by atoms with E-state index in [1.807, 2.05) is 24.3 Å². The Hall–Kier alpha value is -1.01. The maximum atomic E-state index is 13.5. The summed E-state index contributed by atoms with van der Waals surface area (Å²) in [4.78, 5) is 0. The smallest absolute Gasteiger partial charge is 0.162 e. The third-order valence-electron chi connectivity index (χ3n) is 2.77. The Kier molecular flexibility index (Phi) is 4.29. The van der Waals surface area contributed by atoms with Crippen LogP contribution in [0.1, 0.15) is 17.2 Å².